The highest BCUT2D eigenvalue weighted by Crippen LogP contribution is 2.36. The van der Waals surface area contributed by atoms with Crippen molar-refractivity contribution in [3.05, 3.63) is 0 Å². The zero-order valence-corrected chi connectivity index (χ0v) is 13.7. The molecule has 0 aromatic rings. The zero-order valence-electron chi connectivity index (χ0n) is 12.9. The first-order chi connectivity index (χ1) is 11.4. The van der Waals surface area contributed by atoms with Crippen LogP contribution in [-0.2, 0) is 14.4 Å². The number of urea groups is 1. The van der Waals surface area contributed by atoms with Gasteiger partial charge in [0.1, 0.15) is 6.04 Å². The number of fused-ring (bicyclic) bond motifs is 1. The lowest BCUT2D eigenvalue weighted by molar-refractivity contribution is -0.154. The first-order valence-electron chi connectivity index (χ1n) is 7.88. The molecule has 3 aliphatic rings. The summed E-state index contributed by atoms with van der Waals surface area (Å²) in [5.74, 6) is -1.41. The smallest absolute Gasteiger partial charge is 0.341 e. The number of carboxylic acids is 1. The van der Waals surface area contributed by atoms with Crippen molar-refractivity contribution >= 4 is 35.6 Å². The molecule has 0 aliphatic carbocycles. The number of imide groups is 1. The summed E-state index contributed by atoms with van der Waals surface area (Å²) in [6.45, 7) is 0. The SMILES string of the molecule is O=C(O)C(CCC[C@@H]1SC[C@H]2[C@@H]1NC(=O)N2O)N1C(=O)CCC1=O. The number of aliphatic carboxylic acids is 1. The molecule has 3 rings (SSSR count). The number of nitrogens with zero attached hydrogens (tertiary/aromatic N) is 2. The predicted molar refractivity (Wildman–Crippen MR) is 82.3 cm³/mol. The van der Waals surface area contributed by atoms with Crippen LogP contribution in [0, 0.1) is 0 Å². The Morgan fingerprint density at radius 2 is 1.96 bits per heavy atom. The lowest BCUT2D eigenvalue weighted by atomic mass is 10.0. The molecule has 24 heavy (non-hydrogen) atoms. The van der Waals surface area contributed by atoms with E-state index in [1.807, 2.05) is 0 Å². The third-order valence-corrected chi connectivity index (χ3v) is 6.25. The molecule has 9 nitrogen and oxygen atoms in total. The molecule has 0 spiro atoms. The lowest BCUT2D eigenvalue weighted by Crippen LogP contribution is -2.44. The van der Waals surface area contributed by atoms with Crippen molar-refractivity contribution in [1.82, 2.24) is 15.3 Å². The Labute approximate surface area is 142 Å². The standard InChI is InChI=1S/C14H19N3O6S/c18-10-4-5-11(19)16(10)7(13(20)21)2-1-3-9-12-8(6-24-9)17(23)14(22)15-12/h7-9,12,23H,1-6H2,(H,15,22)(H,20,21)/t7?,8-,9-,12-/m0/s1. The molecule has 1 unspecified atom stereocenters. The molecule has 0 saturated carbocycles. The number of hydrogen-bond acceptors (Lipinski definition) is 6. The number of hydrogen-bond donors (Lipinski definition) is 3. The van der Waals surface area contributed by atoms with Crippen molar-refractivity contribution in [1.29, 1.82) is 0 Å². The van der Waals surface area contributed by atoms with E-state index in [0.29, 0.717) is 18.6 Å². The van der Waals surface area contributed by atoms with Gasteiger partial charge in [0.15, 0.2) is 0 Å². The highest BCUT2D eigenvalue weighted by atomic mass is 32.2. The van der Waals surface area contributed by atoms with Crippen LogP contribution in [0.5, 0.6) is 0 Å². The fraction of sp³-hybridized carbons (Fsp3) is 0.714. The minimum Gasteiger partial charge on any atom is -0.480 e. The van der Waals surface area contributed by atoms with E-state index in [1.165, 1.54) is 0 Å². The second-order valence-corrected chi connectivity index (χ2v) is 7.47. The number of carboxylic acid groups (broad SMARTS) is 1. The molecule has 132 valence electrons. The van der Waals surface area contributed by atoms with Crippen molar-refractivity contribution in [2.24, 2.45) is 0 Å². The van der Waals surface area contributed by atoms with Gasteiger partial charge in [-0.05, 0) is 19.3 Å². The summed E-state index contributed by atoms with van der Waals surface area (Å²) in [4.78, 5) is 47.2. The number of carbonyl (C=O) groups is 4. The fourth-order valence-corrected chi connectivity index (χ4v) is 5.11. The molecule has 3 aliphatic heterocycles. The van der Waals surface area contributed by atoms with Crippen LogP contribution in [0.2, 0.25) is 0 Å². The van der Waals surface area contributed by atoms with E-state index in [2.05, 4.69) is 5.32 Å². The van der Waals surface area contributed by atoms with E-state index in [1.54, 1.807) is 11.8 Å². The Kier molecular flexibility index (Phi) is 4.68. The van der Waals surface area contributed by atoms with Crippen LogP contribution in [0.25, 0.3) is 0 Å². The average Bonchev–Trinajstić information content (AvgIpc) is 3.15. The highest BCUT2D eigenvalue weighted by Gasteiger charge is 2.48. The van der Waals surface area contributed by atoms with Gasteiger partial charge in [0, 0.05) is 23.8 Å². The van der Waals surface area contributed by atoms with E-state index >= 15 is 0 Å². The molecule has 3 fully saturated rings. The number of hydroxylamine groups is 2. The third-order valence-electron chi connectivity index (χ3n) is 4.76. The van der Waals surface area contributed by atoms with Gasteiger partial charge in [-0.3, -0.25) is 19.7 Å². The van der Waals surface area contributed by atoms with Gasteiger partial charge in [-0.1, -0.05) is 0 Å². The van der Waals surface area contributed by atoms with Gasteiger partial charge in [0.25, 0.3) is 0 Å². The lowest BCUT2D eigenvalue weighted by Gasteiger charge is -2.23. The number of likely N-dealkylation sites (tertiary alicyclic amines) is 1. The van der Waals surface area contributed by atoms with Crippen molar-refractivity contribution in [3.8, 4) is 0 Å². The molecule has 3 heterocycles. The number of thioether (sulfide) groups is 1. The van der Waals surface area contributed by atoms with Crippen molar-refractivity contribution in [2.45, 2.75) is 55.5 Å². The second-order valence-electron chi connectivity index (χ2n) is 6.20. The maximum Gasteiger partial charge on any atom is 0.341 e. The number of rotatable bonds is 6. The van der Waals surface area contributed by atoms with Gasteiger partial charge < -0.3 is 10.4 Å². The topological polar surface area (TPSA) is 127 Å². The Bertz CT molecular complexity index is 569. The van der Waals surface area contributed by atoms with E-state index in [9.17, 15) is 29.5 Å². The Hall–Kier alpha value is -1.81. The molecule has 0 radical (unpaired) electrons. The Morgan fingerprint density at radius 3 is 2.58 bits per heavy atom. The first kappa shape index (κ1) is 17.0. The van der Waals surface area contributed by atoms with E-state index in [0.717, 1.165) is 9.96 Å². The first-order valence-corrected chi connectivity index (χ1v) is 8.93. The maximum atomic E-state index is 11.7. The highest BCUT2D eigenvalue weighted by molar-refractivity contribution is 8.00. The van der Waals surface area contributed by atoms with Crippen LogP contribution in [0.4, 0.5) is 4.79 Å². The van der Waals surface area contributed by atoms with Crippen LogP contribution in [-0.4, -0.2) is 73.2 Å². The normalized spacial score (nSPS) is 30.7. The molecule has 4 atom stereocenters. The van der Waals surface area contributed by atoms with E-state index in [-0.39, 0.29) is 36.6 Å². The summed E-state index contributed by atoms with van der Waals surface area (Å²) in [7, 11) is 0. The summed E-state index contributed by atoms with van der Waals surface area (Å²) >= 11 is 1.62. The van der Waals surface area contributed by atoms with Crippen molar-refractivity contribution < 1.29 is 29.5 Å². The molecule has 3 saturated heterocycles. The number of nitrogens with one attached hydrogen (secondary N) is 1. The van der Waals surface area contributed by atoms with Crippen LogP contribution in [0.15, 0.2) is 0 Å². The summed E-state index contributed by atoms with van der Waals surface area (Å²) in [6, 6.07) is -2.05. The van der Waals surface area contributed by atoms with Crippen LogP contribution >= 0.6 is 11.8 Å². The van der Waals surface area contributed by atoms with Crippen LogP contribution in [0.1, 0.15) is 32.1 Å². The van der Waals surface area contributed by atoms with Gasteiger partial charge >= 0.3 is 12.0 Å². The third kappa shape index (κ3) is 2.95. The molecular formula is C14H19N3O6S. The Morgan fingerprint density at radius 1 is 1.29 bits per heavy atom. The van der Waals surface area contributed by atoms with Gasteiger partial charge in [-0.15, -0.1) is 0 Å². The molecule has 3 N–H and O–H groups in total. The molecular weight excluding hydrogens is 338 g/mol. The summed E-state index contributed by atoms with van der Waals surface area (Å²) < 4.78 is 0. The minimum absolute atomic E-state index is 0.0726. The predicted octanol–water partition coefficient (Wildman–Crippen LogP) is 0.0259. The van der Waals surface area contributed by atoms with Gasteiger partial charge in [0.2, 0.25) is 11.8 Å². The van der Waals surface area contributed by atoms with Gasteiger partial charge in [-0.25, -0.2) is 14.7 Å². The molecule has 4 amide bonds. The summed E-state index contributed by atoms with van der Waals surface area (Å²) in [5.41, 5.74) is 0. The number of amides is 4. The zero-order chi connectivity index (χ0) is 17.4. The van der Waals surface area contributed by atoms with Crippen LogP contribution in [0.3, 0.4) is 0 Å². The van der Waals surface area contributed by atoms with Crippen molar-refractivity contribution in [2.75, 3.05) is 5.75 Å². The quantitative estimate of drug-likeness (QED) is 0.347. The summed E-state index contributed by atoms with van der Waals surface area (Å²) in [6.07, 6.45) is 1.49. The minimum atomic E-state index is -1.17. The molecule has 0 aromatic carbocycles. The molecule has 10 heteroatoms. The monoisotopic (exact) mass is 357 g/mol. The average molecular weight is 357 g/mol. The van der Waals surface area contributed by atoms with Crippen molar-refractivity contribution in [3.63, 3.8) is 0 Å². The molecule has 0 aromatic heterocycles. The fourth-order valence-electron chi connectivity index (χ4n) is 3.53. The van der Waals surface area contributed by atoms with E-state index < -0.39 is 29.9 Å². The van der Waals surface area contributed by atoms with Gasteiger partial charge in [0.05, 0.1) is 12.1 Å². The van der Waals surface area contributed by atoms with E-state index in [4.69, 9.17) is 0 Å². The molecule has 0 bridgehead atoms. The number of carbonyl (C=O) groups excluding carboxylic acids is 3. The summed E-state index contributed by atoms with van der Waals surface area (Å²) in [5, 5.41) is 22.5. The van der Waals surface area contributed by atoms with Gasteiger partial charge in [-0.2, -0.15) is 11.8 Å². The Balaban J connectivity index is 1.55. The largest absolute Gasteiger partial charge is 0.480 e. The maximum absolute atomic E-state index is 11.7. The second kappa shape index (κ2) is 6.60. The van der Waals surface area contributed by atoms with Crippen LogP contribution < -0.4 is 5.32 Å².